The Bertz CT molecular complexity index is 622. The molecule has 0 saturated carbocycles. The Labute approximate surface area is 115 Å². The van der Waals surface area contributed by atoms with Crippen molar-refractivity contribution < 1.29 is 14.6 Å². The summed E-state index contributed by atoms with van der Waals surface area (Å²) in [5.74, 6) is 0.151. The molecule has 0 amide bonds. The highest BCUT2D eigenvalue weighted by Gasteiger charge is 2.28. The predicted molar refractivity (Wildman–Crippen MR) is 72.9 cm³/mol. The summed E-state index contributed by atoms with van der Waals surface area (Å²) < 4.78 is 13.7. The van der Waals surface area contributed by atoms with Crippen molar-refractivity contribution >= 4 is 16.7 Å². The first-order valence-electron chi connectivity index (χ1n) is 6.64. The third-order valence-corrected chi connectivity index (χ3v) is 3.85. The first kappa shape index (κ1) is 13.2. The Morgan fingerprint density at radius 3 is 2.95 bits per heavy atom. The van der Waals surface area contributed by atoms with Gasteiger partial charge in [0.1, 0.15) is 23.5 Å². The topological polar surface area (TPSA) is 69.5 Å². The smallest absolute Gasteiger partial charge is 0.149 e. The van der Waals surface area contributed by atoms with Gasteiger partial charge in [0.15, 0.2) is 0 Å². The standard InChI is InChI=1S/C14H16FN3O2/c15-11-3-1-2-10-13(11)16-8-17-14(10)18-5-4-9(7-19)12(20)6-18/h1-3,8-9,12,19-20H,4-7H2. The monoisotopic (exact) mass is 277 g/mol. The van der Waals surface area contributed by atoms with Gasteiger partial charge >= 0.3 is 0 Å². The van der Waals surface area contributed by atoms with Crippen molar-refractivity contribution in [2.45, 2.75) is 12.5 Å². The summed E-state index contributed by atoms with van der Waals surface area (Å²) in [7, 11) is 0. The first-order chi connectivity index (χ1) is 9.70. The van der Waals surface area contributed by atoms with Gasteiger partial charge in [-0.2, -0.15) is 0 Å². The van der Waals surface area contributed by atoms with Crippen LogP contribution in [0.4, 0.5) is 10.2 Å². The van der Waals surface area contributed by atoms with Gasteiger partial charge in [-0.05, 0) is 18.6 Å². The van der Waals surface area contributed by atoms with E-state index in [-0.39, 0.29) is 23.9 Å². The molecule has 0 radical (unpaired) electrons. The second kappa shape index (κ2) is 5.30. The fraction of sp³-hybridized carbons (Fsp3) is 0.429. The van der Waals surface area contributed by atoms with Gasteiger partial charge < -0.3 is 15.1 Å². The minimum absolute atomic E-state index is 0.0197. The molecule has 0 spiro atoms. The van der Waals surface area contributed by atoms with E-state index in [0.29, 0.717) is 30.7 Å². The zero-order valence-electron chi connectivity index (χ0n) is 10.9. The van der Waals surface area contributed by atoms with Crippen LogP contribution in [0.5, 0.6) is 0 Å². The van der Waals surface area contributed by atoms with Gasteiger partial charge in [0, 0.05) is 31.0 Å². The van der Waals surface area contributed by atoms with Crippen LogP contribution in [0, 0.1) is 11.7 Å². The number of anilines is 1. The molecule has 1 aliphatic heterocycles. The molecule has 106 valence electrons. The third-order valence-electron chi connectivity index (χ3n) is 3.85. The van der Waals surface area contributed by atoms with Crippen molar-refractivity contribution in [3.05, 3.63) is 30.3 Å². The zero-order chi connectivity index (χ0) is 14.1. The number of β-amino-alcohol motifs (C(OH)–C–C–N with tert-alkyl or cyclic N) is 1. The molecule has 2 heterocycles. The summed E-state index contributed by atoms with van der Waals surface area (Å²) in [6.45, 7) is 1.03. The number of piperidine rings is 1. The molecule has 2 aromatic rings. The number of nitrogens with zero attached hydrogens (tertiary/aromatic N) is 3. The molecule has 2 N–H and O–H groups in total. The Morgan fingerprint density at radius 1 is 1.35 bits per heavy atom. The number of aromatic nitrogens is 2. The quantitative estimate of drug-likeness (QED) is 0.855. The van der Waals surface area contributed by atoms with Crippen molar-refractivity contribution in [3.63, 3.8) is 0 Å². The van der Waals surface area contributed by atoms with Gasteiger partial charge in [0.2, 0.25) is 0 Å². The van der Waals surface area contributed by atoms with Crippen LogP contribution in [0.2, 0.25) is 0 Å². The van der Waals surface area contributed by atoms with E-state index >= 15 is 0 Å². The molecule has 1 fully saturated rings. The van der Waals surface area contributed by atoms with Crippen LogP contribution in [-0.2, 0) is 0 Å². The molecule has 2 unspecified atom stereocenters. The molecule has 6 heteroatoms. The number of fused-ring (bicyclic) bond motifs is 1. The van der Waals surface area contributed by atoms with Gasteiger partial charge in [0.25, 0.3) is 0 Å². The molecule has 2 atom stereocenters. The summed E-state index contributed by atoms with van der Waals surface area (Å²) in [6, 6.07) is 4.77. The van der Waals surface area contributed by atoms with Crippen LogP contribution in [0.3, 0.4) is 0 Å². The Hall–Kier alpha value is -1.79. The summed E-state index contributed by atoms with van der Waals surface area (Å²) in [4.78, 5) is 10.1. The molecule has 0 aliphatic carbocycles. The average Bonchev–Trinajstić information content (AvgIpc) is 2.47. The third kappa shape index (κ3) is 2.21. The lowest BCUT2D eigenvalue weighted by Gasteiger charge is -2.36. The van der Waals surface area contributed by atoms with Crippen LogP contribution < -0.4 is 4.90 Å². The summed E-state index contributed by atoms with van der Waals surface area (Å²) in [6.07, 6.45) is 1.41. The van der Waals surface area contributed by atoms with Crippen molar-refractivity contribution in [2.24, 2.45) is 5.92 Å². The predicted octanol–water partition coefficient (Wildman–Crippen LogP) is 0.948. The molecule has 1 aromatic carbocycles. The van der Waals surface area contributed by atoms with Crippen LogP contribution in [0.25, 0.3) is 10.9 Å². The maximum atomic E-state index is 13.7. The van der Waals surface area contributed by atoms with Crippen molar-refractivity contribution in [3.8, 4) is 0 Å². The maximum absolute atomic E-state index is 13.7. The van der Waals surface area contributed by atoms with Crippen LogP contribution in [0.1, 0.15) is 6.42 Å². The molecule has 1 saturated heterocycles. The van der Waals surface area contributed by atoms with E-state index in [9.17, 15) is 14.6 Å². The number of hydrogen-bond donors (Lipinski definition) is 2. The van der Waals surface area contributed by atoms with Gasteiger partial charge in [0.05, 0.1) is 6.10 Å². The first-order valence-corrected chi connectivity index (χ1v) is 6.64. The Kier molecular flexibility index (Phi) is 3.50. The van der Waals surface area contributed by atoms with Crippen LogP contribution in [0.15, 0.2) is 24.5 Å². The van der Waals surface area contributed by atoms with E-state index in [4.69, 9.17) is 0 Å². The SMILES string of the molecule is OCC1CCN(c2ncnc3c(F)cccc23)CC1O. The molecule has 20 heavy (non-hydrogen) atoms. The summed E-state index contributed by atoms with van der Waals surface area (Å²) in [5.41, 5.74) is 0.288. The molecule has 1 aromatic heterocycles. The molecular formula is C14H16FN3O2. The van der Waals surface area contributed by atoms with E-state index in [0.717, 1.165) is 0 Å². The number of aliphatic hydroxyl groups excluding tert-OH is 2. The zero-order valence-corrected chi connectivity index (χ0v) is 10.9. The van der Waals surface area contributed by atoms with Crippen LogP contribution in [-0.4, -0.2) is 46.0 Å². The van der Waals surface area contributed by atoms with Crippen molar-refractivity contribution in [1.82, 2.24) is 9.97 Å². The number of benzene rings is 1. The fourth-order valence-electron chi connectivity index (χ4n) is 2.68. The maximum Gasteiger partial charge on any atom is 0.149 e. The lowest BCUT2D eigenvalue weighted by molar-refractivity contribution is 0.0547. The number of aliphatic hydroxyl groups is 2. The second-order valence-corrected chi connectivity index (χ2v) is 5.08. The van der Waals surface area contributed by atoms with E-state index < -0.39 is 6.10 Å². The minimum Gasteiger partial charge on any atom is -0.396 e. The van der Waals surface area contributed by atoms with Crippen molar-refractivity contribution in [1.29, 1.82) is 0 Å². The minimum atomic E-state index is -0.604. The molecule has 3 rings (SSSR count). The fourth-order valence-corrected chi connectivity index (χ4v) is 2.68. The van der Waals surface area contributed by atoms with Crippen LogP contribution >= 0.6 is 0 Å². The van der Waals surface area contributed by atoms with E-state index in [2.05, 4.69) is 9.97 Å². The average molecular weight is 277 g/mol. The highest BCUT2D eigenvalue weighted by atomic mass is 19.1. The highest BCUT2D eigenvalue weighted by molar-refractivity contribution is 5.89. The number of para-hydroxylation sites is 1. The van der Waals surface area contributed by atoms with Gasteiger partial charge in [-0.15, -0.1) is 0 Å². The highest BCUT2D eigenvalue weighted by Crippen LogP contribution is 2.28. The lowest BCUT2D eigenvalue weighted by atomic mass is 9.94. The number of halogens is 1. The molecule has 0 bridgehead atoms. The van der Waals surface area contributed by atoms with E-state index in [1.54, 1.807) is 12.1 Å². The Morgan fingerprint density at radius 2 is 2.20 bits per heavy atom. The van der Waals surface area contributed by atoms with E-state index in [1.165, 1.54) is 12.4 Å². The van der Waals surface area contributed by atoms with Crippen molar-refractivity contribution in [2.75, 3.05) is 24.6 Å². The Balaban J connectivity index is 1.97. The largest absolute Gasteiger partial charge is 0.396 e. The van der Waals surface area contributed by atoms with Gasteiger partial charge in [-0.25, -0.2) is 14.4 Å². The normalized spacial score (nSPS) is 23.2. The summed E-state index contributed by atoms with van der Waals surface area (Å²) >= 11 is 0. The molecule has 1 aliphatic rings. The number of hydrogen-bond acceptors (Lipinski definition) is 5. The van der Waals surface area contributed by atoms with E-state index in [1.807, 2.05) is 4.90 Å². The second-order valence-electron chi connectivity index (χ2n) is 5.08. The summed E-state index contributed by atoms with van der Waals surface area (Å²) in [5, 5.41) is 19.8. The molecular weight excluding hydrogens is 261 g/mol. The van der Waals surface area contributed by atoms with Gasteiger partial charge in [-0.3, -0.25) is 0 Å². The lowest BCUT2D eigenvalue weighted by Crippen LogP contribution is -2.45. The van der Waals surface area contributed by atoms with Gasteiger partial charge in [-0.1, -0.05) is 6.07 Å². The number of rotatable bonds is 2. The molecule has 5 nitrogen and oxygen atoms in total.